The third-order valence-corrected chi connectivity index (χ3v) is 5.60. The maximum absolute atomic E-state index is 13.1. The van der Waals surface area contributed by atoms with Gasteiger partial charge in [0.1, 0.15) is 16.9 Å². The van der Waals surface area contributed by atoms with Crippen LogP contribution in [0.2, 0.25) is 0 Å². The van der Waals surface area contributed by atoms with Gasteiger partial charge in [0, 0.05) is 13.1 Å². The molecule has 31 heavy (non-hydrogen) atoms. The van der Waals surface area contributed by atoms with Crippen molar-refractivity contribution in [3.05, 3.63) is 65.7 Å². The second-order valence-corrected chi connectivity index (χ2v) is 7.85. The summed E-state index contributed by atoms with van der Waals surface area (Å²) in [5, 5.41) is 3.03. The van der Waals surface area contributed by atoms with Crippen molar-refractivity contribution in [1.29, 1.82) is 0 Å². The number of fused-ring (bicyclic) bond motifs is 2. The quantitative estimate of drug-likeness (QED) is 0.387. The molecule has 0 saturated heterocycles. The number of amides is 1. The summed E-state index contributed by atoms with van der Waals surface area (Å²) in [7, 11) is 0. The van der Waals surface area contributed by atoms with E-state index in [1.165, 1.54) is 18.4 Å². The van der Waals surface area contributed by atoms with Crippen LogP contribution in [0.15, 0.2) is 54.6 Å². The highest BCUT2D eigenvalue weighted by Crippen LogP contribution is 2.28. The Bertz CT molecular complexity index is 1180. The first-order chi connectivity index (χ1) is 15.2. The lowest BCUT2D eigenvalue weighted by Gasteiger charge is -2.08. The van der Waals surface area contributed by atoms with Crippen LogP contribution in [0.5, 0.6) is 0 Å². The molecule has 0 aliphatic rings. The number of nitrogens with two attached hydrogens (primary N) is 1. The summed E-state index contributed by atoms with van der Waals surface area (Å²) in [4.78, 5) is 22.6. The van der Waals surface area contributed by atoms with Gasteiger partial charge >= 0.3 is 0 Å². The number of aromatic nitrogens is 3. The monoisotopic (exact) mass is 415 g/mol. The lowest BCUT2D eigenvalue weighted by molar-refractivity contribution is 0.0955. The summed E-state index contributed by atoms with van der Waals surface area (Å²) in [5.74, 6) is 0.245. The van der Waals surface area contributed by atoms with E-state index >= 15 is 0 Å². The molecule has 2 heterocycles. The lowest BCUT2D eigenvalue weighted by Crippen LogP contribution is -2.25. The van der Waals surface area contributed by atoms with Crippen molar-refractivity contribution in [2.45, 2.75) is 45.6 Å². The van der Waals surface area contributed by atoms with Crippen molar-refractivity contribution in [3.63, 3.8) is 0 Å². The van der Waals surface area contributed by atoms with Crippen LogP contribution < -0.4 is 11.1 Å². The van der Waals surface area contributed by atoms with Gasteiger partial charge in [-0.15, -0.1) is 0 Å². The number of hydrogen-bond donors (Lipinski definition) is 2. The van der Waals surface area contributed by atoms with Gasteiger partial charge in [-0.05, 0) is 30.5 Å². The van der Waals surface area contributed by atoms with Gasteiger partial charge in [0.2, 0.25) is 0 Å². The third kappa shape index (κ3) is 4.53. The van der Waals surface area contributed by atoms with Gasteiger partial charge in [-0.1, -0.05) is 68.7 Å². The zero-order chi connectivity index (χ0) is 21.6. The molecule has 1 amide bonds. The number of unbranched alkanes of at least 4 members (excludes halogenated alkanes) is 3. The van der Waals surface area contributed by atoms with Gasteiger partial charge in [-0.3, -0.25) is 4.79 Å². The summed E-state index contributed by atoms with van der Waals surface area (Å²) in [6.07, 6.45) is 5.20. The molecule has 6 heteroatoms. The van der Waals surface area contributed by atoms with Crippen molar-refractivity contribution in [3.8, 4) is 0 Å². The first-order valence-electron chi connectivity index (χ1n) is 11.1. The predicted molar refractivity (Wildman–Crippen MR) is 126 cm³/mol. The fraction of sp³-hybridized carbons (Fsp3) is 0.320. The number of anilines is 1. The second-order valence-electron chi connectivity index (χ2n) is 7.85. The van der Waals surface area contributed by atoms with Crippen LogP contribution in [0, 0.1) is 0 Å². The first-order valence-corrected chi connectivity index (χ1v) is 11.1. The summed E-state index contributed by atoms with van der Waals surface area (Å²) >= 11 is 0. The summed E-state index contributed by atoms with van der Waals surface area (Å²) in [5.41, 5.74) is 10.9. The third-order valence-electron chi connectivity index (χ3n) is 5.60. The van der Waals surface area contributed by atoms with E-state index in [1.807, 2.05) is 47.0 Å². The number of para-hydroxylation sites is 2. The number of rotatable bonds is 9. The Kier molecular flexibility index (Phi) is 6.46. The SMILES string of the molecule is CCCCCCNC(=O)c1c(N)n(CCc2ccccc2)c2nc3ccccc3nc12. The van der Waals surface area contributed by atoms with E-state index in [1.54, 1.807) is 0 Å². The molecule has 0 aliphatic heterocycles. The minimum atomic E-state index is -0.179. The molecule has 0 spiro atoms. The van der Waals surface area contributed by atoms with E-state index in [4.69, 9.17) is 15.7 Å². The van der Waals surface area contributed by atoms with Crippen LogP contribution in [0.1, 0.15) is 48.5 Å². The molecular weight excluding hydrogens is 386 g/mol. The molecule has 0 atom stereocenters. The first kappa shape index (κ1) is 20.8. The van der Waals surface area contributed by atoms with Gasteiger partial charge in [0.15, 0.2) is 5.65 Å². The molecule has 0 saturated carbocycles. The normalized spacial score (nSPS) is 11.3. The molecule has 2 aromatic carbocycles. The zero-order valence-electron chi connectivity index (χ0n) is 18.0. The average molecular weight is 416 g/mol. The number of nitrogens with one attached hydrogen (secondary N) is 1. The molecule has 0 radical (unpaired) electrons. The minimum Gasteiger partial charge on any atom is -0.384 e. The number of carbonyl (C=O) groups excluding carboxylic acids is 1. The minimum absolute atomic E-state index is 0.179. The Morgan fingerprint density at radius 1 is 0.968 bits per heavy atom. The smallest absolute Gasteiger partial charge is 0.257 e. The summed E-state index contributed by atoms with van der Waals surface area (Å²) in [6.45, 7) is 3.44. The Morgan fingerprint density at radius 2 is 1.68 bits per heavy atom. The largest absolute Gasteiger partial charge is 0.384 e. The van der Waals surface area contributed by atoms with Crippen LogP contribution in [-0.4, -0.2) is 27.0 Å². The molecule has 4 aromatic rings. The van der Waals surface area contributed by atoms with E-state index in [2.05, 4.69) is 24.4 Å². The number of carbonyl (C=O) groups is 1. The molecule has 6 nitrogen and oxygen atoms in total. The predicted octanol–water partition coefficient (Wildman–Crippen LogP) is 4.72. The number of aryl methyl sites for hydroxylation is 2. The highest BCUT2D eigenvalue weighted by molar-refractivity contribution is 6.10. The Balaban J connectivity index is 1.69. The van der Waals surface area contributed by atoms with E-state index in [9.17, 15) is 4.79 Å². The Morgan fingerprint density at radius 3 is 2.42 bits per heavy atom. The van der Waals surface area contributed by atoms with Gasteiger partial charge in [-0.2, -0.15) is 0 Å². The van der Waals surface area contributed by atoms with E-state index in [0.717, 1.165) is 30.3 Å². The van der Waals surface area contributed by atoms with Gasteiger partial charge < -0.3 is 15.6 Å². The molecule has 160 valence electrons. The van der Waals surface area contributed by atoms with Gasteiger partial charge in [0.25, 0.3) is 5.91 Å². The molecular formula is C25H29N5O. The topological polar surface area (TPSA) is 85.8 Å². The highest BCUT2D eigenvalue weighted by atomic mass is 16.1. The van der Waals surface area contributed by atoms with Crippen molar-refractivity contribution >= 4 is 33.9 Å². The van der Waals surface area contributed by atoms with Crippen LogP contribution in [-0.2, 0) is 13.0 Å². The molecule has 0 unspecified atom stereocenters. The number of nitrogens with zero attached hydrogens (tertiary/aromatic N) is 3. The van der Waals surface area contributed by atoms with Crippen molar-refractivity contribution in [2.24, 2.45) is 0 Å². The summed E-state index contributed by atoms with van der Waals surface area (Å²) in [6, 6.07) is 17.9. The van der Waals surface area contributed by atoms with E-state index in [0.29, 0.717) is 35.6 Å². The summed E-state index contributed by atoms with van der Waals surface area (Å²) < 4.78 is 1.92. The van der Waals surface area contributed by atoms with Gasteiger partial charge in [0.05, 0.1) is 11.0 Å². The van der Waals surface area contributed by atoms with Crippen molar-refractivity contribution < 1.29 is 4.79 Å². The molecule has 0 bridgehead atoms. The number of benzene rings is 2. The zero-order valence-corrected chi connectivity index (χ0v) is 18.0. The van der Waals surface area contributed by atoms with Crippen molar-refractivity contribution in [2.75, 3.05) is 12.3 Å². The molecule has 0 aliphatic carbocycles. The standard InChI is InChI=1S/C25H29N5O/c1-2-3-4-10-16-27-25(31)21-22-24(29-20-14-9-8-13-19(20)28-22)30(23(21)26)17-15-18-11-6-5-7-12-18/h5-9,11-14H,2-4,10,15-17,26H2,1H3,(H,27,31). The van der Waals surface area contributed by atoms with Crippen LogP contribution in [0.4, 0.5) is 5.82 Å². The van der Waals surface area contributed by atoms with E-state index in [-0.39, 0.29) is 5.91 Å². The fourth-order valence-electron chi connectivity index (χ4n) is 3.89. The van der Waals surface area contributed by atoms with Crippen molar-refractivity contribution in [1.82, 2.24) is 19.9 Å². The average Bonchev–Trinajstić information content (AvgIpc) is 3.06. The van der Waals surface area contributed by atoms with Crippen LogP contribution in [0.3, 0.4) is 0 Å². The lowest BCUT2D eigenvalue weighted by atomic mass is 10.1. The van der Waals surface area contributed by atoms with Crippen LogP contribution >= 0.6 is 0 Å². The maximum atomic E-state index is 13.1. The fourth-order valence-corrected chi connectivity index (χ4v) is 3.89. The number of hydrogen-bond acceptors (Lipinski definition) is 4. The maximum Gasteiger partial charge on any atom is 0.257 e. The molecule has 0 fully saturated rings. The molecule has 4 rings (SSSR count). The second kappa shape index (κ2) is 9.60. The van der Waals surface area contributed by atoms with Gasteiger partial charge in [-0.25, -0.2) is 9.97 Å². The molecule has 2 aromatic heterocycles. The highest BCUT2D eigenvalue weighted by Gasteiger charge is 2.23. The molecule has 3 N–H and O–H groups in total. The van der Waals surface area contributed by atoms with Crippen LogP contribution in [0.25, 0.3) is 22.2 Å². The number of nitrogen functional groups attached to an aromatic ring is 1. The van der Waals surface area contributed by atoms with E-state index < -0.39 is 0 Å². The Labute approximate surface area is 182 Å². The Hall–Kier alpha value is -3.41.